The number of hydrogen-bond acceptors (Lipinski definition) is 6. The maximum Gasteiger partial charge on any atom is 0.349 e. The topological polar surface area (TPSA) is 83.3 Å². The van der Waals surface area contributed by atoms with E-state index < -0.39 is 29.6 Å². The van der Waals surface area contributed by atoms with E-state index >= 15 is 0 Å². The fourth-order valence-corrected chi connectivity index (χ4v) is 2.91. The number of anilines is 2. The van der Waals surface area contributed by atoms with Crippen molar-refractivity contribution in [1.29, 1.82) is 5.26 Å². The molecule has 1 heterocycles. The summed E-state index contributed by atoms with van der Waals surface area (Å²) in [5.41, 5.74) is -0.197. The fourth-order valence-electron chi connectivity index (χ4n) is 2.08. The number of rotatable bonds is 5. The quantitative estimate of drug-likeness (QED) is 0.438. The van der Waals surface area contributed by atoms with Crippen LogP contribution in [0.15, 0.2) is 29.2 Å². The first-order valence-corrected chi connectivity index (χ1v) is 8.65. The lowest BCUT2D eigenvalue weighted by atomic mass is 10.2. The Morgan fingerprint density at radius 3 is 2.63 bits per heavy atom. The first-order chi connectivity index (χ1) is 12.7. The molecule has 2 rings (SSSR count). The van der Waals surface area contributed by atoms with Crippen LogP contribution in [0.5, 0.6) is 0 Å². The number of carbonyl (C=O) groups excluding carboxylic acids is 2. The van der Waals surface area contributed by atoms with Gasteiger partial charge in [0.05, 0.1) is 17.5 Å². The third-order valence-corrected chi connectivity index (χ3v) is 3.99. The minimum atomic E-state index is -0.921. The molecule has 0 aliphatic carbocycles. The van der Waals surface area contributed by atoms with E-state index in [0.717, 1.165) is 28.4 Å². The van der Waals surface area contributed by atoms with Crippen molar-refractivity contribution in [1.82, 2.24) is 4.98 Å². The van der Waals surface area contributed by atoms with Gasteiger partial charge in [0, 0.05) is 18.4 Å². The highest BCUT2D eigenvalue weighted by Crippen LogP contribution is 2.31. The highest BCUT2D eigenvalue weighted by atomic mass is 32.1. The first kappa shape index (κ1) is 20.2. The summed E-state index contributed by atoms with van der Waals surface area (Å²) < 4.78 is 32.2. The van der Waals surface area contributed by atoms with E-state index in [1.54, 1.807) is 19.9 Å². The van der Waals surface area contributed by atoms with Crippen LogP contribution in [0.25, 0.3) is 6.08 Å². The zero-order valence-electron chi connectivity index (χ0n) is 14.7. The van der Waals surface area contributed by atoms with Gasteiger partial charge in [-0.2, -0.15) is 5.26 Å². The molecule has 2 aromatic rings. The van der Waals surface area contributed by atoms with Gasteiger partial charge in [-0.05, 0) is 32.1 Å². The van der Waals surface area contributed by atoms with Crippen molar-refractivity contribution in [2.45, 2.75) is 26.9 Å². The number of benzene rings is 1. The van der Waals surface area contributed by atoms with E-state index in [2.05, 4.69) is 4.98 Å². The van der Waals surface area contributed by atoms with Gasteiger partial charge >= 0.3 is 5.97 Å². The summed E-state index contributed by atoms with van der Waals surface area (Å²) in [6.07, 6.45) is 0.819. The van der Waals surface area contributed by atoms with Crippen molar-refractivity contribution >= 4 is 40.1 Å². The van der Waals surface area contributed by atoms with Gasteiger partial charge < -0.3 is 4.74 Å². The number of carbonyl (C=O) groups is 2. The Bertz CT molecular complexity index is 948. The molecule has 0 saturated carbocycles. The third-order valence-electron chi connectivity index (χ3n) is 3.14. The molecule has 140 valence electrons. The van der Waals surface area contributed by atoms with Crippen LogP contribution in [0.1, 0.15) is 26.5 Å². The van der Waals surface area contributed by atoms with Crippen molar-refractivity contribution in [3.8, 4) is 6.07 Å². The minimum Gasteiger partial charge on any atom is -0.459 e. The van der Waals surface area contributed by atoms with Crippen LogP contribution in [-0.2, 0) is 14.3 Å². The van der Waals surface area contributed by atoms with E-state index in [4.69, 9.17) is 10.00 Å². The molecule has 0 atom stereocenters. The molecule has 0 saturated heterocycles. The van der Waals surface area contributed by atoms with Gasteiger partial charge in [-0.15, -0.1) is 11.3 Å². The lowest BCUT2D eigenvalue weighted by Crippen LogP contribution is -2.23. The molecule has 0 aliphatic rings. The average Bonchev–Trinajstić information content (AvgIpc) is 3.02. The second-order valence-corrected chi connectivity index (χ2v) is 6.47. The van der Waals surface area contributed by atoms with Gasteiger partial charge in [0.2, 0.25) is 5.91 Å². The second kappa shape index (κ2) is 8.51. The summed E-state index contributed by atoms with van der Waals surface area (Å²) in [6.45, 7) is 4.51. The number of halogens is 2. The molecule has 1 aromatic heterocycles. The Morgan fingerprint density at radius 1 is 1.37 bits per heavy atom. The number of amides is 1. The molecule has 1 amide bonds. The van der Waals surface area contributed by atoms with Crippen LogP contribution in [-0.4, -0.2) is 23.0 Å². The van der Waals surface area contributed by atoms with E-state index in [1.165, 1.54) is 18.4 Å². The number of thiazole rings is 1. The molecule has 0 aliphatic heterocycles. The number of aromatic nitrogens is 1. The molecule has 0 spiro atoms. The molecule has 0 bridgehead atoms. The van der Waals surface area contributed by atoms with Crippen molar-refractivity contribution in [2.75, 3.05) is 4.90 Å². The molecule has 0 unspecified atom stereocenters. The monoisotopic (exact) mass is 391 g/mol. The summed E-state index contributed by atoms with van der Waals surface area (Å²) >= 11 is 0.999. The SMILES string of the molecule is CC(=O)N(c1nc(C=C(C#N)C(=O)OC(C)C)cs1)c1ccc(F)cc1F. The Labute approximate surface area is 158 Å². The van der Waals surface area contributed by atoms with Gasteiger partial charge in [-0.3, -0.25) is 9.69 Å². The molecule has 6 nitrogen and oxygen atoms in total. The number of nitriles is 1. The number of esters is 1. The third kappa shape index (κ3) is 4.95. The van der Waals surface area contributed by atoms with E-state index in [-0.39, 0.29) is 22.1 Å². The lowest BCUT2D eigenvalue weighted by Gasteiger charge is -2.18. The molecule has 0 fully saturated rings. The maximum absolute atomic E-state index is 14.1. The summed E-state index contributed by atoms with van der Waals surface area (Å²) in [7, 11) is 0. The first-order valence-electron chi connectivity index (χ1n) is 7.77. The molecule has 0 N–H and O–H groups in total. The normalized spacial score (nSPS) is 11.2. The lowest BCUT2D eigenvalue weighted by molar-refractivity contribution is -0.142. The van der Waals surface area contributed by atoms with Gasteiger partial charge in [0.1, 0.15) is 23.3 Å². The predicted octanol–water partition coefficient (Wildman–Crippen LogP) is 3.96. The Morgan fingerprint density at radius 2 is 2.07 bits per heavy atom. The second-order valence-electron chi connectivity index (χ2n) is 5.63. The zero-order chi connectivity index (χ0) is 20.1. The fraction of sp³-hybridized carbons (Fsp3) is 0.222. The minimum absolute atomic E-state index is 0.105. The van der Waals surface area contributed by atoms with Gasteiger partial charge in [-0.25, -0.2) is 18.6 Å². The van der Waals surface area contributed by atoms with Crippen molar-refractivity contribution in [2.24, 2.45) is 0 Å². The molecule has 27 heavy (non-hydrogen) atoms. The van der Waals surface area contributed by atoms with Crippen LogP contribution in [0, 0.1) is 23.0 Å². The van der Waals surface area contributed by atoms with Gasteiger partial charge in [-0.1, -0.05) is 0 Å². The average molecular weight is 391 g/mol. The molecule has 9 heteroatoms. The zero-order valence-corrected chi connectivity index (χ0v) is 15.5. The predicted molar refractivity (Wildman–Crippen MR) is 96.1 cm³/mol. The largest absolute Gasteiger partial charge is 0.459 e. The van der Waals surface area contributed by atoms with E-state index in [0.29, 0.717) is 6.07 Å². The molecule has 1 aromatic carbocycles. The summed E-state index contributed by atoms with van der Waals surface area (Å²) in [6, 6.07) is 4.55. The van der Waals surface area contributed by atoms with Crippen LogP contribution < -0.4 is 4.90 Å². The van der Waals surface area contributed by atoms with Crippen LogP contribution in [0.2, 0.25) is 0 Å². The maximum atomic E-state index is 14.1. The summed E-state index contributed by atoms with van der Waals surface area (Å²) in [4.78, 5) is 29.0. The highest BCUT2D eigenvalue weighted by Gasteiger charge is 2.22. The van der Waals surface area contributed by atoms with Gasteiger partial charge in [0.15, 0.2) is 5.13 Å². The molecule has 0 radical (unpaired) electrons. The van der Waals surface area contributed by atoms with Crippen LogP contribution in [0.3, 0.4) is 0 Å². The van der Waals surface area contributed by atoms with E-state index in [9.17, 15) is 18.4 Å². The van der Waals surface area contributed by atoms with Crippen molar-refractivity contribution in [3.63, 3.8) is 0 Å². The van der Waals surface area contributed by atoms with Crippen LogP contribution in [0.4, 0.5) is 19.6 Å². The summed E-state index contributed by atoms with van der Waals surface area (Å²) in [5, 5.41) is 10.7. The van der Waals surface area contributed by atoms with Crippen LogP contribution >= 0.6 is 11.3 Å². The Balaban J connectivity index is 2.39. The Hall–Kier alpha value is -3.12. The van der Waals surface area contributed by atoms with Crippen molar-refractivity contribution in [3.05, 3.63) is 46.5 Å². The Kier molecular flexibility index (Phi) is 6.36. The number of hydrogen-bond donors (Lipinski definition) is 0. The number of nitrogens with zero attached hydrogens (tertiary/aromatic N) is 3. The number of ether oxygens (including phenoxy) is 1. The smallest absolute Gasteiger partial charge is 0.349 e. The molecular formula is C18H15F2N3O3S. The van der Waals surface area contributed by atoms with E-state index in [1.807, 2.05) is 0 Å². The highest BCUT2D eigenvalue weighted by molar-refractivity contribution is 7.14. The summed E-state index contributed by atoms with van der Waals surface area (Å²) in [5.74, 6) is -3.03. The standard InChI is InChI=1S/C18H15F2N3O3S/c1-10(2)26-17(25)12(8-21)6-14-9-27-18(22-14)23(11(3)24)16-5-4-13(19)7-15(16)20/h4-7,9-10H,1-3H3. The van der Waals surface area contributed by atoms with Gasteiger partial charge in [0.25, 0.3) is 0 Å². The molecular weight excluding hydrogens is 376 g/mol. The van der Waals surface area contributed by atoms with Crippen molar-refractivity contribution < 1.29 is 23.1 Å².